The summed E-state index contributed by atoms with van der Waals surface area (Å²) in [7, 11) is 0. The lowest BCUT2D eigenvalue weighted by Gasteiger charge is -2.26. The fourth-order valence-corrected chi connectivity index (χ4v) is 2.55. The van der Waals surface area contributed by atoms with Gasteiger partial charge >= 0.3 is 0 Å². The van der Waals surface area contributed by atoms with Gasteiger partial charge in [-0.05, 0) is 43.4 Å². The number of halogens is 1. The predicted octanol–water partition coefficient (Wildman–Crippen LogP) is 2.63. The molecular weight excluding hydrogens is 255 g/mol. The molecule has 1 aromatic carbocycles. The monoisotopic (exact) mass is 278 g/mol. The summed E-state index contributed by atoms with van der Waals surface area (Å²) in [6, 6.07) is 5.11. The van der Waals surface area contributed by atoms with E-state index in [0.29, 0.717) is 25.1 Å². The molecule has 110 valence electrons. The molecule has 1 N–H and O–H groups in total. The van der Waals surface area contributed by atoms with E-state index in [0.717, 1.165) is 31.5 Å². The zero-order valence-electron chi connectivity index (χ0n) is 12.1. The lowest BCUT2D eigenvalue weighted by atomic mass is 10.1. The second kappa shape index (κ2) is 7.39. The number of likely N-dealkylation sites (tertiary alicyclic amines) is 1. The number of piperidine rings is 1. The van der Waals surface area contributed by atoms with Gasteiger partial charge in [-0.3, -0.25) is 4.79 Å². The summed E-state index contributed by atoms with van der Waals surface area (Å²) in [5, 5.41) is 3.25. The second-order valence-electron chi connectivity index (χ2n) is 5.45. The Morgan fingerprint density at radius 3 is 2.75 bits per heavy atom. The van der Waals surface area contributed by atoms with Gasteiger partial charge in [0, 0.05) is 32.6 Å². The van der Waals surface area contributed by atoms with Crippen molar-refractivity contribution in [1.82, 2.24) is 10.2 Å². The Morgan fingerprint density at radius 2 is 2.05 bits per heavy atom. The largest absolute Gasteiger partial charge is 0.343 e. The van der Waals surface area contributed by atoms with Crippen LogP contribution in [0, 0.1) is 12.7 Å². The Labute approximate surface area is 120 Å². The fraction of sp³-hybridized carbons (Fsp3) is 0.562. The van der Waals surface area contributed by atoms with E-state index in [1.54, 1.807) is 13.0 Å². The maximum absolute atomic E-state index is 13.1. The van der Waals surface area contributed by atoms with Crippen LogP contribution in [0.1, 0.15) is 36.8 Å². The smallest absolute Gasteiger partial charge is 0.223 e. The summed E-state index contributed by atoms with van der Waals surface area (Å²) in [5.74, 6) is 0.0708. The van der Waals surface area contributed by atoms with Gasteiger partial charge in [-0.15, -0.1) is 0 Å². The van der Waals surface area contributed by atoms with E-state index < -0.39 is 0 Å². The van der Waals surface area contributed by atoms with Crippen LogP contribution >= 0.6 is 0 Å². The molecule has 2 rings (SSSR count). The summed E-state index contributed by atoms with van der Waals surface area (Å²) >= 11 is 0. The van der Waals surface area contributed by atoms with E-state index in [-0.39, 0.29) is 11.7 Å². The second-order valence-corrected chi connectivity index (χ2v) is 5.45. The topological polar surface area (TPSA) is 32.3 Å². The van der Waals surface area contributed by atoms with Gasteiger partial charge in [0.15, 0.2) is 0 Å². The summed E-state index contributed by atoms with van der Waals surface area (Å²) in [4.78, 5) is 13.9. The zero-order valence-corrected chi connectivity index (χ0v) is 12.1. The Bertz CT molecular complexity index is 456. The van der Waals surface area contributed by atoms with E-state index in [1.807, 2.05) is 11.0 Å². The average molecular weight is 278 g/mol. The molecule has 1 fully saturated rings. The lowest BCUT2D eigenvalue weighted by molar-refractivity contribution is -0.131. The first-order chi connectivity index (χ1) is 9.66. The van der Waals surface area contributed by atoms with Crippen LogP contribution in [0.15, 0.2) is 18.2 Å². The number of hydrogen-bond acceptors (Lipinski definition) is 2. The Hall–Kier alpha value is -1.42. The minimum Gasteiger partial charge on any atom is -0.343 e. The average Bonchev–Trinajstić information content (AvgIpc) is 2.48. The molecule has 0 atom stereocenters. The first-order valence-corrected chi connectivity index (χ1v) is 7.40. The van der Waals surface area contributed by atoms with E-state index in [1.165, 1.54) is 12.5 Å². The Morgan fingerprint density at radius 1 is 1.30 bits per heavy atom. The number of carbonyl (C=O) groups excluding carboxylic acids is 1. The molecule has 1 aliphatic rings. The highest BCUT2D eigenvalue weighted by atomic mass is 19.1. The van der Waals surface area contributed by atoms with Gasteiger partial charge < -0.3 is 10.2 Å². The molecule has 1 amide bonds. The van der Waals surface area contributed by atoms with Crippen LogP contribution in [0.25, 0.3) is 0 Å². The van der Waals surface area contributed by atoms with Crippen molar-refractivity contribution < 1.29 is 9.18 Å². The van der Waals surface area contributed by atoms with E-state index in [9.17, 15) is 9.18 Å². The Balaban J connectivity index is 1.68. The first-order valence-electron chi connectivity index (χ1n) is 7.40. The third kappa shape index (κ3) is 4.30. The van der Waals surface area contributed by atoms with Gasteiger partial charge in [0.1, 0.15) is 5.82 Å². The highest BCUT2D eigenvalue weighted by molar-refractivity contribution is 5.76. The number of carbonyl (C=O) groups is 1. The van der Waals surface area contributed by atoms with Gasteiger partial charge in [-0.25, -0.2) is 4.39 Å². The molecule has 0 aliphatic carbocycles. The third-order valence-electron chi connectivity index (χ3n) is 3.78. The molecule has 0 unspecified atom stereocenters. The van der Waals surface area contributed by atoms with Crippen molar-refractivity contribution in [3.63, 3.8) is 0 Å². The quantitative estimate of drug-likeness (QED) is 0.840. The van der Waals surface area contributed by atoms with Crippen molar-refractivity contribution >= 4 is 5.91 Å². The number of aryl methyl sites for hydroxylation is 1. The molecule has 1 heterocycles. The van der Waals surface area contributed by atoms with Crippen LogP contribution in [0.5, 0.6) is 0 Å². The first kappa shape index (κ1) is 15.0. The van der Waals surface area contributed by atoms with Crippen LogP contribution in [-0.4, -0.2) is 30.4 Å². The summed E-state index contributed by atoms with van der Waals surface area (Å²) in [6.45, 7) is 4.94. The van der Waals surface area contributed by atoms with Gasteiger partial charge in [-0.1, -0.05) is 12.1 Å². The highest BCUT2D eigenvalue weighted by Gasteiger charge is 2.15. The molecule has 1 saturated heterocycles. The maximum atomic E-state index is 13.1. The highest BCUT2D eigenvalue weighted by Crippen LogP contribution is 2.10. The zero-order chi connectivity index (χ0) is 14.4. The maximum Gasteiger partial charge on any atom is 0.223 e. The van der Waals surface area contributed by atoms with Crippen molar-refractivity contribution in [2.75, 3.05) is 19.6 Å². The standard InChI is InChI=1S/C16H23FN2O/c1-13-11-14(5-6-15(13)17)12-18-8-7-16(20)19-9-3-2-4-10-19/h5-6,11,18H,2-4,7-10,12H2,1H3. The molecule has 0 spiro atoms. The molecule has 0 saturated carbocycles. The molecule has 4 heteroatoms. The molecule has 3 nitrogen and oxygen atoms in total. The van der Waals surface area contributed by atoms with E-state index in [4.69, 9.17) is 0 Å². The minimum absolute atomic E-state index is 0.172. The van der Waals surface area contributed by atoms with Gasteiger partial charge in [0.25, 0.3) is 0 Å². The molecule has 1 aromatic rings. The van der Waals surface area contributed by atoms with E-state index in [2.05, 4.69) is 5.32 Å². The van der Waals surface area contributed by atoms with Crippen molar-refractivity contribution in [1.29, 1.82) is 0 Å². The van der Waals surface area contributed by atoms with Crippen molar-refractivity contribution in [3.8, 4) is 0 Å². The SMILES string of the molecule is Cc1cc(CNCCC(=O)N2CCCCC2)ccc1F. The van der Waals surface area contributed by atoms with Crippen LogP contribution in [0.3, 0.4) is 0 Å². The summed E-state index contributed by atoms with van der Waals surface area (Å²) in [6.07, 6.45) is 4.05. The van der Waals surface area contributed by atoms with Crippen LogP contribution in [-0.2, 0) is 11.3 Å². The van der Waals surface area contributed by atoms with Crippen molar-refractivity contribution in [2.45, 2.75) is 39.2 Å². The van der Waals surface area contributed by atoms with Crippen molar-refractivity contribution in [3.05, 3.63) is 35.1 Å². The number of benzene rings is 1. The molecule has 0 aromatic heterocycles. The van der Waals surface area contributed by atoms with Crippen LogP contribution in [0.4, 0.5) is 4.39 Å². The fourth-order valence-electron chi connectivity index (χ4n) is 2.55. The Kier molecular flexibility index (Phi) is 5.53. The number of nitrogens with zero attached hydrogens (tertiary/aromatic N) is 1. The normalized spacial score (nSPS) is 15.4. The molecule has 20 heavy (non-hydrogen) atoms. The molecular formula is C16H23FN2O. The summed E-state index contributed by atoms with van der Waals surface area (Å²) < 4.78 is 13.1. The number of amides is 1. The van der Waals surface area contributed by atoms with Gasteiger partial charge in [0.05, 0.1) is 0 Å². The minimum atomic E-state index is -0.172. The molecule has 0 radical (unpaired) electrons. The predicted molar refractivity (Wildman–Crippen MR) is 77.9 cm³/mol. The van der Waals surface area contributed by atoms with Crippen LogP contribution < -0.4 is 5.32 Å². The number of hydrogen-bond donors (Lipinski definition) is 1. The summed E-state index contributed by atoms with van der Waals surface area (Å²) in [5.41, 5.74) is 1.71. The van der Waals surface area contributed by atoms with Gasteiger partial charge in [0.2, 0.25) is 5.91 Å². The molecule has 1 aliphatic heterocycles. The third-order valence-corrected chi connectivity index (χ3v) is 3.78. The lowest BCUT2D eigenvalue weighted by Crippen LogP contribution is -2.37. The van der Waals surface area contributed by atoms with Crippen molar-refractivity contribution in [2.24, 2.45) is 0 Å². The molecule has 0 bridgehead atoms. The van der Waals surface area contributed by atoms with Gasteiger partial charge in [-0.2, -0.15) is 0 Å². The van der Waals surface area contributed by atoms with Crippen LogP contribution in [0.2, 0.25) is 0 Å². The number of rotatable bonds is 5. The van der Waals surface area contributed by atoms with E-state index >= 15 is 0 Å². The number of nitrogens with one attached hydrogen (secondary N) is 1.